The quantitative estimate of drug-likeness (QED) is 0.300. The number of ether oxygens (including phenoxy) is 1. The predicted octanol–water partition coefficient (Wildman–Crippen LogP) is 6.54. The third-order valence-corrected chi connectivity index (χ3v) is 6.91. The molecule has 2 atom stereocenters. The molecule has 0 saturated carbocycles. The number of carbonyl (C=O) groups is 2. The van der Waals surface area contributed by atoms with E-state index in [1.807, 2.05) is 76.2 Å². The van der Waals surface area contributed by atoms with Crippen LogP contribution in [0.4, 0.5) is 0 Å². The summed E-state index contributed by atoms with van der Waals surface area (Å²) in [4.78, 5) is 28.9. The van der Waals surface area contributed by atoms with Crippen molar-refractivity contribution in [2.45, 2.75) is 59.2 Å². The molecule has 1 N–H and O–H groups in total. The minimum atomic E-state index is -0.766. The van der Waals surface area contributed by atoms with E-state index in [2.05, 4.69) is 5.32 Å². The van der Waals surface area contributed by atoms with Crippen LogP contribution in [0, 0.1) is 13.8 Å². The summed E-state index contributed by atoms with van der Waals surface area (Å²) in [6.07, 6.45) is 1.13. The van der Waals surface area contributed by atoms with Gasteiger partial charge in [-0.05, 0) is 67.6 Å². The van der Waals surface area contributed by atoms with Crippen LogP contribution in [0.3, 0.4) is 0 Å². The zero-order valence-electron chi connectivity index (χ0n) is 21.8. The van der Waals surface area contributed by atoms with Crippen molar-refractivity contribution in [3.63, 3.8) is 0 Å². The van der Waals surface area contributed by atoms with Crippen molar-refractivity contribution in [1.29, 1.82) is 0 Å². The van der Waals surface area contributed by atoms with Crippen LogP contribution in [0.5, 0.6) is 5.75 Å². The summed E-state index contributed by atoms with van der Waals surface area (Å²) in [5.74, 6) is 0.108. The minimum Gasteiger partial charge on any atom is -0.483 e. The van der Waals surface area contributed by atoms with E-state index in [0.717, 1.165) is 23.1 Å². The highest BCUT2D eigenvalue weighted by molar-refractivity contribution is 6.35. The average Bonchev–Trinajstić information content (AvgIpc) is 2.88. The van der Waals surface area contributed by atoms with Gasteiger partial charge in [0.05, 0.1) is 0 Å². The lowest BCUT2D eigenvalue weighted by molar-refractivity contribution is -0.143. The maximum Gasteiger partial charge on any atom is 0.261 e. The van der Waals surface area contributed by atoms with E-state index in [-0.39, 0.29) is 31.0 Å². The molecule has 7 heteroatoms. The molecular formula is C30H34Cl2N2O3. The summed E-state index contributed by atoms with van der Waals surface area (Å²) < 4.78 is 5.95. The van der Waals surface area contributed by atoms with Gasteiger partial charge >= 0.3 is 0 Å². The van der Waals surface area contributed by atoms with Crippen LogP contribution in [0.1, 0.15) is 42.5 Å². The summed E-state index contributed by atoms with van der Waals surface area (Å²) in [6, 6.07) is 19.9. The van der Waals surface area contributed by atoms with E-state index in [0.29, 0.717) is 27.8 Å². The summed E-state index contributed by atoms with van der Waals surface area (Å²) in [5.41, 5.74) is 3.61. The van der Waals surface area contributed by atoms with Gasteiger partial charge in [-0.15, -0.1) is 0 Å². The first kappa shape index (κ1) is 28.5. The normalized spacial score (nSPS) is 12.5. The monoisotopic (exact) mass is 540 g/mol. The molecular weight excluding hydrogens is 507 g/mol. The van der Waals surface area contributed by atoms with E-state index in [4.69, 9.17) is 27.9 Å². The topological polar surface area (TPSA) is 58.6 Å². The third kappa shape index (κ3) is 8.24. The SMILES string of the molecule is CC[C@@H](C)NC(=O)[C@@H](Cc1ccccc1)N(Cc1ccc(Cl)cc1Cl)C(=O)COc1cc(C)ccc1C. The molecule has 196 valence electrons. The lowest BCUT2D eigenvalue weighted by Gasteiger charge is -2.32. The number of nitrogens with one attached hydrogen (secondary N) is 1. The molecule has 5 nitrogen and oxygen atoms in total. The molecule has 0 aliphatic heterocycles. The minimum absolute atomic E-state index is 0.0342. The summed E-state index contributed by atoms with van der Waals surface area (Å²) in [5, 5.41) is 3.99. The van der Waals surface area contributed by atoms with Gasteiger partial charge in [-0.3, -0.25) is 9.59 Å². The number of carbonyl (C=O) groups excluding carboxylic acids is 2. The molecule has 0 unspecified atom stereocenters. The molecule has 0 radical (unpaired) electrons. The van der Waals surface area contributed by atoms with Gasteiger partial charge < -0.3 is 15.0 Å². The Morgan fingerprint density at radius 3 is 2.41 bits per heavy atom. The van der Waals surface area contributed by atoms with Gasteiger partial charge in [-0.25, -0.2) is 0 Å². The first-order valence-electron chi connectivity index (χ1n) is 12.5. The lowest BCUT2D eigenvalue weighted by Crippen LogP contribution is -2.53. The van der Waals surface area contributed by atoms with Crippen LogP contribution in [0.25, 0.3) is 0 Å². The molecule has 3 rings (SSSR count). The molecule has 3 aromatic rings. The van der Waals surface area contributed by atoms with Crippen molar-refractivity contribution in [3.8, 4) is 5.75 Å². The van der Waals surface area contributed by atoms with E-state index in [1.54, 1.807) is 23.1 Å². The van der Waals surface area contributed by atoms with Crippen molar-refractivity contribution < 1.29 is 14.3 Å². The Hall–Kier alpha value is -3.02. The van der Waals surface area contributed by atoms with Crippen molar-refractivity contribution in [3.05, 3.63) is 99.0 Å². The van der Waals surface area contributed by atoms with Crippen molar-refractivity contribution in [1.82, 2.24) is 10.2 Å². The fraction of sp³-hybridized carbons (Fsp3) is 0.333. The Morgan fingerprint density at radius 1 is 1.00 bits per heavy atom. The zero-order chi connectivity index (χ0) is 26.9. The van der Waals surface area contributed by atoms with Crippen LogP contribution < -0.4 is 10.1 Å². The predicted molar refractivity (Wildman–Crippen MR) is 150 cm³/mol. The van der Waals surface area contributed by atoms with Gasteiger partial charge in [0.2, 0.25) is 5.91 Å². The highest BCUT2D eigenvalue weighted by Gasteiger charge is 2.31. The average molecular weight is 542 g/mol. The van der Waals surface area contributed by atoms with E-state index >= 15 is 0 Å². The second-order valence-corrected chi connectivity index (χ2v) is 10.2. The molecule has 0 saturated heterocycles. The fourth-order valence-electron chi connectivity index (χ4n) is 3.91. The number of rotatable bonds is 11. The van der Waals surface area contributed by atoms with Gasteiger partial charge in [-0.2, -0.15) is 0 Å². The molecule has 0 aromatic heterocycles. The second kappa shape index (κ2) is 13.5. The third-order valence-electron chi connectivity index (χ3n) is 6.32. The maximum absolute atomic E-state index is 13.7. The largest absolute Gasteiger partial charge is 0.483 e. The number of nitrogens with zero attached hydrogens (tertiary/aromatic N) is 1. The molecule has 2 amide bonds. The maximum atomic E-state index is 13.7. The summed E-state index contributed by atoms with van der Waals surface area (Å²) in [6.45, 7) is 7.78. The van der Waals surface area contributed by atoms with Crippen molar-refractivity contribution >= 4 is 35.0 Å². The summed E-state index contributed by atoms with van der Waals surface area (Å²) >= 11 is 12.6. The number of benzene rings is 3. The molecule has 0 bridgehead atoms. The lowest BCUT2D eigenvalue weighted by atomic mass is 10.0. The smallest absolute Gasteiger partial charge is 0.261 e. The highest BCUT2D eigenvalue weighted by atomic mass is 35.5. The molecule has 0 fully saturated rings. The molecule has 37 heavy (non-hydrogen) atoms. The number of hydrogen-bond donors (Lipinski definition) is 1. The Morgan fingerprint density at radius 2 is 1.73 bits per heavy atom. The number of hydrogen-bond acceptors (Lipinski definition) is 3. The Bertz CT molecular complexity index is 1220. The van der Waals surface area contributed by atoms with Gasteiger partial charge in [0.25, 0.3) is 5.91 Å². The van der Waals surface area contributed by atoms with Crippen LogP contribution >= 0.6 is 23.2 Å². The Kier molecular flexibility index (Phi) is 10.4. The van der Waals surface area contributed by atoms with Crippen molar-refractivity contribution in [2.24, 2.45) is 0 Å². The first-order chi connectivity index (χ1) is 17.7. The summed E-state index contributed by atoms with van der Waals surface area (Å²) in [7, 11) is 0. The van der Waals surface area contributed by atoms with Crippen LogP contribution in [0.15, 0.2) is 66.7 Å². The zero-order valence-corrected chi connectivity index (χ0v) is 23.3. The highest BCUT2D eigenvalue weighted by Crippen LogP contribution is 2.25. The van der Waals surface area contributed by atoms with Gasteiger partial charge in [0, 0.05) is 29.1 Å². The molecule has 0 aliphatic carbocycles. The van der Waals surface area contributed by atoms with Gasteiger partial charge in [0.1, 0.15) is 11.8 Å². The van der Waals surface area contributed by atoms with Gasteiger partial charge in [0.15, 0.2) is 6.61 Å². The molecule has 0 spiro atoms. The number of halogens is 2. The van der Waals surface area contributed by atoms with Crippen LogP contribution in [-0.4, -0.2) is 35.4 Å². The first-order valence-corrected chi connectivity index (χ1v) is 13.2. The molecule has 3 aromatic carbocycles. The molecule has 0 aliphatic rings. The number of amides is 2. The Labute approximate surface area is 229 Å². The van der Waals surface area contributed by atoms with Crippen LogP contribution in [0.2, 0.25) is 10.0 Å². The molecule has 0 heterocycles. The second-order valence-electron chi connectivity index (χ2n) is 9.34. The fourth-order valence-corrected chi connectivity index (χ4v) is 4.38. The standard InChI is InChI=1S/C30H34Cl2N2O3/c1-5-22(4)33-30(36)27(16-23-9-7-6-8-10-23)34(18-24-13-14-25(31)17-26(24)32)29(35)19-37-28-15-20(2)11-12-21(28)3/h6-15,17,22,27H,5,16,18-19H2,1-4H3,(H,33,36)/t22-,27-/m1/s1. The Balaban J connectivity index is 1.96. The van der Waals surface area contributed by atoms with E-state index in [9.17, 15) is 9.59 Å². The van der Waals surface area contributed by atoms with Crippen LogP contribution in [-0.2, 0) is 22.6 Å². The van der Waals surface area contributed by atoms with Gasteiger partial charge in [-0.1, -0.05) is 78.7 Å². The number of aryl methyl sites for hydroxylation is 2. The van der Waals surface area contributed by atoms with E-state index < -0.39 is 6.04 Å². The van der Waals surface area contributed by atoms with E-state index in [1.165, 1.54) is 0 Å². The van der Waals surface area contributed by atoms with Crippen molar-refractivity contribution in [2.75, 3.05) is 6.61 Å².